The summed E-state index contributed by atoms with van der Waals surface area (Å²) >= 11 is 5.53. The molecule has 1 aliphatic rings. The van der Waals surface area contributed by atoms with E-state index in [4.69, 9.17) is 12.2 Å². The van der Waals surface area contributed by atoms with Gasteiger partial charge in [-0.15, -0.1) is 0 Å². The molecule has 1 N–H and O–H groups in total. The number of nitrogens with zero attached hydrogens (tertiary/aromatic N) is 2. The van der Waals surface area contributed by atoms with Gasteiger partial charge in [-0.25, -0.2) is 0 Å². The van der Waals surface area contributed by atoms with Crippen molar-refractivity contribution in [1.29, 1.82) is 0 Å². The largest absolute Gasteiger partial charge is 0.508 e. The summed E-state index contributed by atoms with van der Waals surface area (Å²) in [6.07, 6.45) is 3.35. The average Bonchev–Trinajstić information content (AvgIpc) is 3.00. The number of phenols is 1. The highest BCUT2D eigenvalue weighted by molar-refractivity contribution is 7.80. The van der Waals surface area contributed by atoms with Gasteiger partial charge in [0.15, 0.2) is 0 Å². The number of hydrogen-bond acceptors (Lipinski definition) is 6. The molecule has 1 saturated heterocycles. The van der Waals surface area contributed by atoms with Crippen LogP contribution in [0.3, 0.4) is 0 Å². The summed E-state index contributed by atoms with van der Waals surface area (Å²) in [6.45, 7) is 10.8. The van der Waals surface area contributed by atoms with Crippen molar-refractivity contribution in [2.75, 3.05) is 32.7 Å². The van der Waals surface area contributed by atoms with Gasteiger partial charge < -0.3 is 10.0 Å². The monoisotopic (exact) mass is 408 g/mol. The number of phenolic OH excluding ortho intramolecular Hbond substituents is 1. The molecule has 1 aromatic heterocycles. The maximum atomic E-state index is 10.4. The Hall–Kier alpha value is -0.790. The fourth-order valence-corrected chi connectivity index (χ4v) is 6.54. The third-order valence-corrected chi connectivity index (χ3v) is 8.15. The molecule has 0 radical (unpaired) electrons. The van der Waals surface area contributed by atoms with Crippen molar-refractivity contribution in [3.8, 4) is 16.2 Å². The smallest absolute Gasteiger partial charge is 0.120 e. The van der Waals surface area contributed by atoms with Crippen LogP contribution in [-0.2, 0) is 13.0 Å². The second kappa shape index (κ2) is 9.42. The molecule has 3 nitrogen and oxygen atoms in total. The first-order valence-corrected chi connectivity index (χ1v) is 12.1. The van der Waals surface area contributed by atoms with E-state index in [2.05, 4.69) is 29.7 Å². The van der Waals surface area contributed by atoms with Gasteiger partial charge in [0.25, 0.3) is 0 Å². The Balaban J connectivity index is 1.76. The van der Waals surface area contributed by atoms with Gasteiger partial charge in [0.2, 0.25) is 0 Å². The van der Waals surface area contributed by atoms with E-state index >= 15 is 0 Å². The van der Waals surface area contributed by atoms with Crippen molar-refractivity contribution in [2.45, 2.75) is 39.7 Å². The zero-order valence-electron chi connectivity index (χ0n) is 15.7. The maximum absolute atomic E-state index is 10.4. The van der Waals surface area contributed by atoms with Crippen LogP contribution in [0.25, 0.3) is 10.4 Å². The fraction of sp³-hybridized carbons (Fsp3) is 0.550. The number of benzene rings is 1. The van der Waals surface area contributed by atoms with Gasteiger partial charge in [-0.1, -0.05) is 53.2 Å². The Morgan fingerprint density at radius 1 is 1.04 bits per heavy atom. The van der Waals surface area contributed by atoms with Crippen LogP contribution >= 0.6 is 32.9 Å². The van der Waals surface area contributed by atoms with Crippen molar-refractivity contribution in [3.63, 3.8) is 0 Å². The van der Waals surface area contributed by atoms with Gasteiger partial charge in [0, 0.05) is 38.3 Å². The molecule has 3 rings (SSSR count). The van der Waals surface area contributed by atoms with Gasteiger partial charge in [-0.2, -0.15) is 0 Å². The predicted molar refractivity (Wildman–Crippen MR) is 116 cm³/mol. The molecule has 0 unspecified atom stereocenters. The van der Waals surface area contributed by atoms with Crippen molar-refractivity contribution in [2.24, 2.45) is 0 Å². The highest BCUT2D eigenvalue weighted by atomic mass is 32.9. The lowest BCUT2D eigenvalue weighted by Gasteiger charge is -2.34. The normalized spacial score (nSPS) is 16.2. The van der Waals surface area contributed by atoms with Crippen molar-refractivity contribution in [3.05, 3.63) is 33.1 Å². The molecule has 142 valence electrons. The van der Waals surface area contributed by atoms with Gasteiger partial charge in [0.05, 0.1) is 4.88 Å². The molecule has 26 heavy (non-hydrogen) atoms. The van der Waals surface area contributed by atoms with E-state index in [1.54, 1.807) is 20.7 Å². The van der Waals surface area contributed by atoms with Crippen LogP contribution in [0, 0.1) is 3.82 Å². The molecule has 1 aromatic carbocycles. The maximum Gasteiger partial charge on any atom is 0.120 e. The predicted octanol–water partition coefficient (Wildman–Crippen LogP) is 5.39. The SMILES string of the molecule is CCCc1c(-c2ccc(O)c(CN3CCN(CCC)CC3)c2)ssc1=S. The van der Waals surface area contributed by atoms with E-state index in [0.717, 1.165) is 55.0 Å². The molecule has 2 heterocycles. The Morgan fingerprint density at radius 2 is 1.77 bits per heavy atom. The van der Waals surface area contributed by atoms with Crippen molar-refractivity contribution < 1.29 is 5.11 Å². The van der Waals surface area contributed by atoms with E-state index in [0.29, 0.717) is 5.75 Å². The van der Waals surface area contributed by atoms with Gasteiger partial charge in [-0.05, 0) is 48.7 Å². The second-order valence-corrected chi connectivity index (χ2v) is 9.79. The quantitative estimate of drug-likeness (QED) is 0.491. The summed E-state index contributed by atoms with van der Waals surface area (Å²) < 4.78 is 1.02. The number of aromatic hydroxyl groups is 1. The van der Waals surface area contributed by atoms with Gasteiger partial charge in [0.1, 0.15) is 9.57 Å². The third kappa shape index (κ3) is 4.73. The summed E-state index contributed by atoms with van der Waals surface area (Å²) in [5, 5.41) is 10.4. The average molecular weight is 409 g/mol. The summed E-state index contributed by atoms with van der Waals surface area (Å²) in [5.74, 6) is 0.403. The van der Waals surface area contributed by atoms with Gasteiger partial charge in [-0.3, -0.25) is 4.90 Å². The Labute approximate surface area is 169 Å². The van der Waals surface area contributed by atoms with Crippen LogP contribution in [0.15, 0.2) is 18.2 Å². The Bertz CT molecular complexity index is 776. The van der Waals surface area contributed by atoms with Crippen LogP contribution in [0.5, 0.6) is 5.75 Å². The van der Waals surface area contributed by atoms with Crippen molar-refractivity contribution >= 4 is 32.9 Å². The zero-order chi connectivity index (χ0) is 18.5. The lowest BCUT2D eigenvalue weighted by atomic mass is 10.0. The highest BCUT2D eigenvalue weighted by Crippen LogP contribution is 2.37. The first-order valence-electron chi connectivity index (χ1n) is 9.51. The standard InChI is InChI=1S/C20H28N2OS3/c1-3-5-17-19(25-26-20(17)24)15-6-7-18(23)16(13-15)14-22-11-9-21(8-4-2)10-12-22/h6-7,13,23H,3-5,8-12,14H2,1-2H3. The van der Waals surface area contributed by atoms with E-state index < -0.39 is 0 Å². The van der Waals surface area contributed by atoms with Crippen LogP contribution in [0.1, 0.15) is 37.8 Å². The molecular weight excluding hydrogens is 380 g/mol. The number of piperazine rings is 1. The van der Waals surface area contributed by atoms with E-state index in [1.807, 2.05) is 12.1 Å². The zero-order valence-corrected chi connectivity index (χ0v) is 18.1. The molecular formula is C20H28N2OS3. The minimum absolute atomic E-state index is 0.403. The first kappa shape index (κ1) is 20.0. The highest BCUT2D eigenvalue weighted by Gasteiger charge is 2.18. The minimum atomic E-state index is 0.403. The lowest BCUT2D eigenvalue weighted by Crippen LogP contribution is -2.45. The van der Waals surface area contributed by atoms with E-state index in [-0.39, 0.29) is 0 Å². The van der Waals surface area contributed by atoms with Gasteiger partial charge >= 0.3 is 0 Å². The first-order chi connectivity index (χ1) is 12.6. The molecule has 0 spiro atoms. The summed E-state index contributed by atoms with van der Waals surface area (Å²) in [6, 6.07) is 6.05. The summed E-state index contributed by atoms with van der Waals surface area (Å²) in [7, 11) is 3.47. The van der Waals surface area contributed by atoms with Crippen LogP contribution in [0.2, 0.25) is 0 Å². The molecule has 0 saturated carbocycles. The molecule has 2 aromatic rings. The third-order valence-electron chi connectivity index (χ3n) is 4.96. The molecule has 0 atom stereocenters. The topological polar surface area (TPSA) is 26.7 Å². The Kier molecular flexibility index (Phi) is 7.23. The van der Waals surface area contributed by atoms with E-state index in [1.165, 1.54) is 29.0 Å². The van der Waals surface area contributed by atoms with Crippen LogP contribution < -0.4 is 0 Å². The molecule has 1 aliphatic heterocycles. The number of hydrogen-bond donors (Lipinski definition) is 1. The number of rotatable bonds is 7. The molecule has 6 heteroatoms. The molecule has 0 bridgehead atoms. The summed E-state index contributed by atoms with van der Waals surface area (Å²) in [4.78, 5) is 6.27. The fourth-order valence-electron chi connectivity index (χ4n) is 3.54. The minimum Gasteiger partial charge on any atom is -0.508 e. The van der Waals surface area contributed by atoms with Crippen molar-refractivity contribution in [1.82, 2.24) is 9.80 Å². The molecule has 1 fully saturated rings. The van der Waals surface area contributed by atoms with Crippen LogP contribution in [-0.4, -0.2) is 47.6 Å². The second-order valence-electron chi connectivity index (χ2n) is 6.97. The Morgan fingerprint density at radius 3 is 2.46 bits per heavy atom. The molecule has 0 amide bonds. The van der Waals surface area contributed by atoms with E-state index in [9.17, 15) is 5.11 Å². The summed E-state index contributed by atoms with van der Waals surface area (Å²) in [5.41, 5.74) is 3.53. The molecule has 0 aliphatic carbocycles. The van der Waals surface area contributed by atoms with Crippen LogP contribution in [0.4, 0.5) is 0 Å². The lowest BCUT2D eigenvalue weighted by molar-refractivity contribution is 0.126.